The van der Waals surface area contributed by atoms with Crippen LogP contribution >= 0.6 is 11.3 Å². The molecule has 0 radical (unpaired) electrons. The van der Waals surface area contributed by atoms with Gasteiger partial charge in [0.1, 0.15) is 5.82 Å². The number of carbonyl (C=O) groups excluding carboxylic acids is 1. The lowest BCUT2D eigenvalue weighted by atomic mass is 9.74. The molecule has 1 fully saturated rings. The van der Waals surface area contributed by atoms with E-state index in [-0.39, 0.29) is 34.2 Å². The maximum Gasteiger partial charge on any atom is 0.200 e. The van der Waals surface area contributed by atoms with Crippen molar-refractivity contribution in [2.75, 3.05) is 0 Å². The molecule has 2 heterocycles. The summed E-state index contributed by atoms with van der Waals surface area (Å²) in [7, 11) is 0. The zero-order chi connectivity index (χ0) is 23.7. The number of ketones is 1. The van der Waals surface area contributed by atoms with Gasteiger partial charge in [0, 0.05) is 37.9 Å². The molecule has 2 aliphatic carbocycles. The summed E-state index contributed by atoms with van der Waals surface area (Å²) >= 11 is 1.47. The minimum Gasteiger partial charge on any atom is -0.343 e. The average Bonchev–Trinajstić information content (AvgIpc) is 3.50. The van der Waals surface area contributed by atoms with Crippen molar-refractivity contribution in [1.29, 1.82) is 0 Å². The van der Waals surface area contributed by atoms with Crippen LogP contribution in [0.2, 0.25) is 0 Å². The Balaban J connectivity index is 1.77. The number of rotatable bonds is 4. The summed E-state index contributed by atoms with van der Waals surface area (Å²) in [5, 5.41) is 4.34. The van der Waals surface area contributed by atoms with Crippen molar-refractivity contribution in [2.45, 2.75) is 65.5 Å². The summed E-state index contributed by atoms with van der Waals surface area (Å²) in [5.41, 5.74) is 11.6. The summed E-state index contributed by atoms with van der Waals surface area (Å²) in [6.45, 7) is 7.41. The molecule has 0 saturated heterocycles. The second kappa shape index (κ2) is 7.54. The van der Waals surface area contributed by atoms with E-state index in [9.17, 15) is 9.59 Å². The number of pyridine rings is 1. The van der Waals surface area contributed by atoms with Gasteiger partial charge in [0.2, 0.25) is 0 Å². The Morgan fingerprint density at radius 3 is 2.70 bits per heavy atom. The molecule has 0 aliphatic heterocycles. The third kappa shape index (κ3) is 3.40. The van der Waals surface area contributed by atoms with Gasteiger partial charge in [0.25, 0.3) is 0 Å². The van der Waals surface area contributed by atoms with Gasteiger partial charge >= 0.3 is 0 Å². The molecule has 33 heavy (non-hydrogen) atoms. The number of Topliss-reactive ketones (excluding diaryl/α,β-unsaturated/α-hetero) is 1. The summed E-state index contributed by atoms with van der Waals surface area (Å²) in [5.74, 6) is -0.783. The van der Waals surface area contributed by atoms with Crippen molar-refractivity contribution < 1.29 is 9.18 Å². The number of hydrogen-bond donors (Lipinski definition) is 0. The zero-order valence-corrected chi connectivity index (χ0v) is 19.9. The first-order valence-corrected chi connectivity index (χ1v) is 12.0. The van der Waals surface area contributed by atoms with Gasteiger partial charge in [0.15, 0.2) is 11.2 Å². The van der Waals surface area contributed by atoms with Gasteiger partial charge in [-0.15, -0.1) is 11.3 Å². The topological polar surface area (TPSA) is 87.8 Å². The van der Waals surface area contributed by atoms with E-state index in [1.54, 1.807) is 6.20 Å². The number of benzene rings is 1. The molecular formula is C25H25FN4O2S. The Hall–Kier alpha value is -2.96. The summed E-state index contributed by atoms with van der Waals surface area (Å²) < 4.78 is 17.6. The molecule has 2 aliphatic rings. The summed E-state index contributed by atoms with van der Waals surface area (Å²) in [4.78, 5) is 29.9. The number of fused-ring (bicyclic) bond motifs is 2. The van der Waals surface area contributed by atoms with E-state index in [1.165, 1.54) is 24.3 Å². The molecule has 1 unspecified atom stereocenters. The molecular weight excluding hydrogens is 439 g/mol. The molecule has 3 aromatic rings. The first-order valence-electron chi connectivity index (χ1n) is 11.2. The smallest absolute Gasteiger partial charge is 0.200 e. The minimum atomic E-state index is -0.474. The van der Waals surface area contributed by atoms with Crippen LogP contribution in [-0.4, -0.2) is 10.4 Å². The van der Waals surface area contributed by atoms with E-state index in [2.05, 4.69) is 23.9 Å². The van der Waals surface area contributed by atoms with Crippen molar-refractivity contribution >= 4 is 28.0 Å². The Morgan fingerprint density at radius 1 is 1.33 bits per heavy atom. The van der Waals surface area contributed by atoms with E-state index in [0.717, 1.165) is 41.0 Å². The Labute approximate surface area is 194 Å². The zero-order valence-electron chi connectivity index (χ0n) is 19.1. The maximum absolute atomic E-state index is 15.6. The highest BCUT2D eigenvalue weighted by Crippen LogP contribution is 2.51. The second-order valence-corrected chi connectivity index (χ2v) is 11.0. The minimum absolute atomic E-state index is 0.104. The van der Waals surface area contributed by atoms with Crippen LogP contribution in [0.1, 0.15) is 78.5 Å². The molecule has 8 heteroatoms. The van der Waals surface area contributed by atoms with Gasteiger partial charge in [-0.1, -0.05) is 19.0 Å². The number of halogens is 1. The molecule has 1 atom stereocenters. The number of nitrogens with zero attached hydrogens (tertiary/aromatic N) is 4. The molecule has 0 N–H and O–H groups in total. The van der Waals surface area contributed by atoms with E-state index < -0.39 is 11.2 Å². The lowest BCUT2D eigenvalue weighted by molar-refractivity contribution is 0.101. The third-order valence-corrected chi connectivity index (χ3v) is 8.36. The third-order valence-electron chi connectivity index (χ3n) is 7.11. The van der Waals surface area contributed by atoms with E-state index in [4.69, 9.17) is 5.53 Å². The van der Waals surface area contributed by atoms with Crippen LogP contribution in [0.5, 0.6) is 0 Å². The highest BCUT2D eigenvalue weighted by molar-refractivity contribution is 7.15. The maximum atomic E-state index is 15.6. The van der Waals surface area contributed by atoms with E-state index in [1.807, 2.05) is 17.6 Å². The molecule has 0 bridgehead atoms. The number of carbonyl (C=O) groups is 1. The Kier molecular flexibility index (Phi) is 4.99. The standard InChI is InChI=1S/C25H25FN4O2S/c1-12-20(19-9-14-7-8-25(3,4)24(28-29-27)23(14)33-19)18(26)10-16-21(12)30(15-5-6-15)11-17(13(2)31)22(16)32/h9-11,15,24H,5-8H2,1-4H3. The van der Waals surface area contributed by atoms with Crippen LogP contribution < -0.4 is 5.43 Å². The van der Waals surface area contributed by atoms with Crippen LogP contribution in [0.25, 0.3) is 31.8 Å². The van der Waals surface area contributed by atoms with Gasteiger partial charge < -0.3 is 4.57 Å². The normalized spacial score (nSPS) is 19.2. The van der Waals surface area contributed by atoms with Gasteiger partial charge in [-0.05, 0) is 73.7 Å². The Bertz CT molecular complexity index is 1440. The SMILES string of the molecule is CC(=O)c1cn(C2CC2)c2c(C)c(-c3cc4c(s3)C(N=[N+]=[N-])C(C)(C)CC4)c(F)cc2c1=O. The fourth-order valence-electron chi connectivity index (χ4n) is 5.08. The second-order valence-electron chi connectivity index (χ2n) is 9.92. The first-order chi connectivity index (χ1) is 15.6. The lowest BCUT2D eigenvalue weighted by Crippen LogP contribution is -2.25. The van der Waals surface area contributed by atoms with Gasteiger partial charge in [0.05, 0.1) is 17.1 Å². The van der Waals surface area contributed by atoms with Crippen molar-refractivity contribution in [1.82, 2.24) is 4.57 Å². The van der Waals surface area contributed by atoms with Crippen LogP contribution in [-0.2, 0) is 6.42 Å². The quantitative estimate of drug-likeness (QED) is 0.179. The molecule has 5 rings (SSSR count). The van der Waals surface area contributed by atoms with Crippen molar-refractivity contribution in [3.05, 3.63) is 66.4 Å². The van der Waals surface area contributed by atoms with E-state index >= 15 is 4.39 Å². The van der Waals surface area contributed by atoms with Crippen LogP contribution in [0.3, 0.4) is 0 Å². The van der Waals surface area contributed by atoms with Crippen molar-refractivity contribution in [3.63, 3.8) is 0 Å². The predicted octanol–water partition coefficient (Wildman–Crippen LogP) is 7.04. The van der Waals surface area contributed by atoms with Gasteiger partial charge in [-0.3, -0.25) is 9.59 Å². The highest BCUT2D eigenvalue weighted by atomic mass is 32.1. The number of aryl methyl sites for hydroxylation is 2. The number of aromatic nitrogens is 1. The van der Waals surface area contributed by atoms with Crippen molar-refractivity contribution in [3.8, 4) is 10.4 Å². The molecule has 2 aromatic heterocycles. The lowest BCUT2D eigenvalue weighted by Gasteiger charge is -2.35. The molecule has 0 spiro atoms. The largest absolute Gasteiger partial charge is 0.343 e. The first kappa shape index (κ1) is 21.9. The molecule has 1 saturated carbocycles. The Morgan fingerprint density at radius 2 is 2.06 bits per heavy atom. The van der Waals surface area contributed by atoms with Crippen LogP contribution in [0.15, 0.2) is 28.2 Å². The average molecular weight is 465 g/mol. The van der Waals surface area contributed by atoms with E-state index in [0.29, 0.717) is 16.6 Å². The number of azide groups is 1. The monoisotopic (exact) mass is 464 g/mol. The number of thiophene rings is 1. The van der Waals surface area contributed by atoms with Crippen molar-refractivity contribution in [2.24, 2.45) is 10.5 Å². The fourth-order valence-corrected chi connectivity index (χ4v) is 6.64. The number of hydrogen-bond acceptors (Lipinski definition) is 4. The summed E-state index contributed by atoms with van der Waals surface area (Å²) in [6.07, 6.45) is 5.32. The fraction of sp³-hybridized carbons (Fsp3) is 0.440. The predicted molar refractivity (Wildman–Crippen MR) is 128 cm³/mol. The van der Waals surface area contributed by atoms with Crippen LogP contribution in [0.4, 0.5) is 4.39 Å². The molecule has 0 amide bonds. The molecule has 1 aromatic carbocycles. The molecule has 6 nitrogen and oxygen atoms in total. The van der Waals surface area contributed by atoms with Gasteiger partial charge in [-0.25, -0.2) is 4.39 Å². The summed E-state index contributed by atoms with van der Waals surface area (Å²) in [6, 6.07) is 3.22. The highest BCUT2D eigenvalue weighted by Gasteiger charge is 2.37. The molecule has 170 valence electrons. The van der Waals surface area contributed by atoms with Gasteiger partial charge in [-0.2, -0.15) is 0 Å². The van der Waals surface area contributed by atoms with Crippen LogP contribution in [0, 0.1) is 18.2 Å².